The molecule has 1 aromatic carbocycles. The van der Waals surface area contributed by atoms with Crippen LogP contribution in [0.25, 0.3) is 0 Å². The highest BCUT2D eigenvalue weighted by Crippen LogP contribution is 2.18. The molecule has 17 heavy (non-hydrogen) atoms. The maximum absolute atomic E-state index is 13.4. The fraction of sp³-hybridized carbons (Fsp3) is 0.500. The quantitative estimate of drug-likeness (QED) is 0.622. The first-order valence-corrected chi connectivity index (χ1v) is 6.08. The molecule has 0 heterocycles. The van der Waals surface area contributed by atoms with E-state index in [1.807, 2.05) is 0 Å². The molecule has 5 heteroatoms. The minimum absolute atomic E-state index is 0.151. The number of hydrogen-bond acceptors (Lipinski definition) is 3. The Kier molecular flexibility index (Phi) is 7.12. The van der Waals surface area contributed by atoms with E-state index < -0.39 is 0 Å². The number of nitrogens with one attached hydrogen (secondary N) is 2. The van der Waals surface area contributed by atoms with E-state index in [2.05, 4.69) is 10.6 Å². The number of aliphatic hydroxyl groups excluding tert-OH is 1. The molecular formula is C12H18ClFN2O. The predicted octanol–water partition coefficient (Wildman–Crippen LogP) is 1.54. The molecule has 1 aromatic rings. The molecule has 0 saturated heterocycles. The minimum atomic E-state index is -0.275. The summed E-state index contributed by atoms with van der Waals surface area (Å²) in [5.41, 5.74) is 0.512. The summed E-state index contributed by atoms with van der Waals surface area (Å²) in [5.74, 6) is -0.275. The molecule has 0 saturated carbocycles. The van der Waals surface area contributed by atoms with Crippen LogP contribution >= 0.6 is 11.6 Å². The van der Waals surface area contributed by atoms with Crippen LogP contribution in [0.2, 0.25) is 5.02 Å². The third-order valence-corrected chi connectivity index (χ3v) is 2.71. The van der Waals surface area contributed by atoms with Gasteiger partial charge in [-0.25, -0.2) is 4.39 Å². The molecule has 0 aliphatic rings. The Bertz CT molecular complexity index is 316. The van der Waals surface area contributed by atoms with Gasteiger partial charge in [0.2, 0.25) is 0 Å². The van der Waals surface area contributed by atoms with Crippen LogP contribution in [0.15, 0.2) is 18.2 Å². The highest BCUT2D eigenvalue weighted by molar-refractivity contribution is 6.31. The van der Waals surface area contributed by atoms with Gasteiger partial charge in [-0.05, 0) is 31.6 Å². The van der Waals surface area contributed by atoms with Gasteiger partial charge in [0, 0.05) is 23.7 Å². The summed E-state index contributed by atoms with van der Waals surface area (Å²) in [5, 5.41) is 15.2. The molecule has 0 bridgehead atoms. The molecule has 0 aromatic heterocycles. The van der Waals surface area contributed by atoms with Gasteiger partial charge >= 0.3 is 0 Å². The van der Waals surface area contributed by atoms with Crippen LogP contribution in [-0.2, 0) is 6.54 Å². The van der Waals surface area contributed by atoms with Gasteiger partial charge in [-0.2, -0.15) is 0 Å². The van der Waals surface area contributed by atoms with E-state index in [0.29, 0.717) is 23.7 Å². The zero-order valence-electron chi connectivity index (χ0n) is 9.68. The molecule has 0 amide bonds. The first-order valence-electron chi connectivity index (χ1n) is 5.71. The number of rotatable bonds is 8. The van der Waals surface area contributed by atoms with Crippen LogP contribution in [0, 0.1) is 5.82 Å². The first kappa shape index (κ1) is 14.4. The van der Waals surface area contributed by atoms with Gasteiger partial charge in [0.15, 0.2) is 0 Å². The minimum Gasteiger partial charge on any atom is -0.395 e. The van der Waals surface area contributed by atoms with Crippen LogP contribution in [0.3, 0.4) is 0 Å². The predicted molar refractivity (Wildman–Crippen MR) is 67.7 cm³/mol. The second-order valence-electron chi connectivity index (χ2n) is 3.70. The van der Waals surface area contributed by atoms with E-state index in [1.54, 1.807) is 12.1 Å². The highest BCUT2D eigenvalue weighted by Gasteiger charge is 2.05. The Hall–Kier alpha value is -0.680. The SMILES string of the molecule is OCCNCCCNCc1c(F)cccc1Cl. The number of aliphatic hydroxyl groups is 1. The third kappa shape index (κ3) is 5.46. The van der Waals surface area contributed by atoms with E-state index in [9.17, 15) is 4.39 Å². The van der Waals surface area contributed by atoms with E-state index in [-0.39, 0.29) is 12.4 Å². The van der Waals surface area contributed by atoms with Gasteiger partial charge < -0.3 is 15.7 Å². The van der Waals surface area contributed by atoms with Crippen molar-refractivity contribution in [1.29, 1.82) is 0 Å². The van der Waals surface area contributed by atoms with Crippen molar-refractivity contribution in [3.8, 4) is 0 Å². The molecule has 0 fully saturated rings. The molecule has 3 nitrogen and oxygen atoms in total. The normalized spacial score (nSPS) is 10.8. The third-order valence-electron chi connectivity index (χ3n) is 2.36. The van der Waals surface area contributed by atoms with E-state index >= 15 is 0 Å². The Morgan fingerprint density at radius 2 is 1.94 bits per heavy atom. The van der Waals surface area contributed by atoms with Crippen molar-refractivity contribution in [2.24, 2.45) is 0 Å². The number of hydrogen-bond donors (Lipinski definition) is 3. The molecule has 96 valence electrons. The number of halogens is 2. The molecule has 3 N–H and O–H groups in total. The average Bonchev–Trinajstić information content (AvgIpc) is 2.31. The number of benzene rings is 1. The monoisotopic (exact) mass is 260 g/mol. The van der Waals surface area contributed by atoms with E-state index in [0.717, 1.165) is 19.5 Å². The second kappa shape index (κ2) is 8.42. The highest BCUT2D eigenvalue weighted by atomic mass is 35.5. The smallest absolute Gasteiger partial charge is 0.129 e. The lowest BCUT2D eigenvalue weighted by Gasteiger charge is -2.08. The van der Waals surface area contributed by atoms with Crippen molar-refractivity contribution in [2.45, 2.75) is 13.0 Å². The van der Waals surface area contributed by atoms with Crippen molar-refractivity contribution in [2.75, 3.05) is 26.2 Å². The lowest BCUT2D eigenvalue weighted by molar-refractivity contribution is 0.292. The van der Waals surface area contributed by atoms with Crippen LogP contribution in [0.4, 0.5) is 4.39 Å². The topological polar surface area (TPSA) is 44.3 Å². The zero-order chi connectivity index (χ0) is 12.5. The standard InChI is InChI=1S/C12H18ClFN2O/c13-11-3-1-4-12(14)10(11)9-16-6-2-5-15-7-8-17/h1,3-4,15-17H,2,5-9H2. The van der Waals surface area contributed by atoms with Gasteiger partial charge in [-0.15, -0.1) is 0 Å². The Morgan fingerprint density at radius 3 is 2.65 bits per heavy atom. The molecule has 0 unspecified atom stereocenters. The summed E-state index contributed by atoms with van der Waals surface area (Å²) in [6.07, 6.45) is 0.923. The van der Waals surface area contributed by atoms with Crippen molar-refractivity contribution in [1.82, 2.24) is 10.6 Å². The maximum Gasteiger partial charge on any atom is 0.129 e. The molecule has 0 atom stereocenters. The van der Waals surface area contributed by atoms with Gasteiger partial charge in [-0.1, -0.05) is 17.7 Å². The van der Waals surface area contributed by atoms with Crippen LogP contribution in [0.1, 0.15) is 12.0 Å². The van der Waals surface area contributed by atoms with Crippen molar-refractivity contribution in [3.63, 3.8) is 0 Å². The first-order chi connectivity index (χ1) is 8.25. The molecule has 0 spiro atoms. The van der Waals surface area contributed by atoms with Crippen LogP contribution in [-0.4, -0.2) is 31.3 Å². The van der Waals surface area contributed by atoms with Gasteiger partial charge in [-0.3, -0.25) is 0 Å². The van der Waals surface area contributed by atoms with E-state index in [1.165, 1.54) is 6.07 Å². The van der Waals surface area contributed by atoms with Crippen molar-refractivity contribution >= 4 is 11.6 Å². The lowest BCUT2D eigenvalue weighted by Crippen LogP contribution is -2.24. The fourth-order valence-corrected chi connectivity index (χ4v) is 1.69. The van der Waals surface area contributed by atoms with Gasteiger partial charge in [0.05, 0.1) is 6.61 Å². The summed E-state index contributed by atoms with van der Waals surface area (Å²) in [6, 6.07) is 4.69. The van der Waals surface area contributed by atoms with Crippen LogP contribution < -0.4 is 10.6 Å². The summed E-state index contributed by atoms with van der Waals surface area (Å²) >= 11 is 5.89. The fourth-order valence-electron chi connectivity index (χ4n) is 1.46. The van der Waals surface area contributed by atoms with E-state index in [4.69, 9.17) is 16.7 Å². The summed E-state index contributed by atoms with van der Waals surface area (Å²) in [7, 11) is 0. The molecule has 1 rings (SSSR count). The molecule has 0 aliphatic carbocycles. The summed E-state index contributed by atoms with van der Waals surface area (Å²) in [6.45, 7) is 2.81. The maximum atomic E-state index is 13.4. The lowest BCUT2D eigenvalue weighted by atomic mass is 10.2. The summed E-state index contributed by atoms with van der Waals surface area (Å²) in [4.78, 5) is 0. The Morgan fingerprint density at radius 1 is 1.18 bits per heavy atom. The average molecular weight is 261 g/mol. The molecular weight excluding hydrogens is 243 g/mol. The Labute approximate surface area is 106 Å². The van der Waals surface area contributed by atoms with Gasteiger partial charge in [0.25, 0.3) is 0 Å². The largest absolute Gasteiger partial charge is 0.395 e. The van der Waals surface area contributed by atoms with Crippen molar-refractivity contribution in [3.05, 3.63) is 34.6 Å². The molecule has 0 aliphatic heterocycles. The van der Waals surface area contributed by atoms with Crippen LogP contribution in [0.5, 0.6) is 0 Å². The summed E-state index contributed by atoms with van der Waals surface area (Å²) < 4.78 is 13.4. The van der Waals surface area contributed by atoms with Crippen molar-refractivity contribution < 1.29 is 9.50 Å². The molecule has 0 radical (unpaired) electrons. The van der Waals surface area contributed by atoms with Gasteiger partial charge in [0.1, 0.15) is 5.82 Å². The Balaban J connectivity index is 2.18. The zero-order valence-corrected chi connectivity index (χ0v) is 10.4. The second-order valence-corrected chi connectivity index (χ2v) is 4.11.